The van der Waals surface area contributed by atoms with E-state index in [-0.39, 0.29) is 17.4 Å². The Morgan fingerprint density at radius 3 is 2.90 bits per heavy atom. The van der Waals surface area contributed by atoms with E-state index in [2.05, 4.69) is 41.7 Å². The van der Waals surface area contributed by atoms with Gasteiger partial charge in [0.1, 0.15) is 11.9 Å². The van der Waals surface area contributed by atoms with Crippen LogP contribution in [0.15, 0.2) is 22.9 Å². The largest absolute Gasteiger partial charge is 0.487 e. The number of halogens is 1. The van der Waals surface area contributed by atoms with Crippen molar-refractivity contribution < 1.29 is 9.53 Å². The molecule has 1 fully saturated rings. The molecule has 1 aromatic heterocycles. The summed E-state index contributed by atoms with van der Waals surface area (Å²) in [4.78, 5) is 18.1. The molecule has 0 bridgehead atoms. The van der Waals surface area contributed by atoms with Crippen LogP contribution in [0.1, 0.15) is 33.6 Å². The molecule has 0 aromatic carbocycles. The highest BCUT2D eigenvalue weighted by atomic mass is 79.9. The van der Waals surface area contributed by atoms with E-state index in [4.69, 9.17) is 4.74 Å². The Bertz CT molecular complexity index is 485. The summed E-state index contributed by atoms with van der Waals surface area (Å²) in [6.45, 7) is 7.70. The van der Waals surface area contributed by atoms with Crippen LogP contribution in [0.4, 0.5) is 0 Å². The fourth-order valence-corrected chi connectivity index (χ4v) is 2.61. The Morgan fingerprint density at radius 1 is 1.50 bits per heavy atom. The average Bonchev–Trinajstić information content (AvgIpc) is 2.75. The number of aromatic nitrogens is 1. The van der Waals surface area contributed by atoms with Gasteiger partial charge < -0.3 is 9.64 Å². The van der Waals surface area contributed by atoms with Crippen molar-refractivity contribution in [2.45, 2.75) is 39.7 Å². The number of likely N-dealkylation sites (tertiary alicyclic amines) is 1. The number of carbonyl (C=O) groups excluding carboxylic acids is 1. The van der Waals surface area contributed by atoms with Gasteiger partial charge in [-0.1, -0.05) is 20.8 Å². The zero-order valence-electron chi connectivity index (χ0n) is 12.2. The number of ether oxygens (including phenoxy) is 1. The molecule has 1 aliphatic heterocycles. The number of hydrogen-bond donors (Lipinski definition) is 0. The van der Waals surface area contributed by atoms with Crippen LogP contribution in [0.2, 0.25) is 0 Å². The Labute approximate surface area is 128 Å². The van der Waals surface area contributed by atoms with Gasteiger partial charge in [-0.2, -0.15) is 0 Å². The molecule has 1 atom stereocenters. The molecule has 0 saturated carbocycles. The van der Waals surface area contributed by atoms with Crippen LogP contribution in [-0.2, 0) is 4.79 Å². The SMILES string of the molecule is CC(C)(C)CC(=O)N1CCC(Oc2cncc(Br)c2)C1. The van der Waals surface area contributed by atoms with Gasteiger partial charge in [-0.25, -0.2) is 0 Å². The lowest BCUT2D eigenvalue weighted by Crippen LogP contribution is -2.33. The number of carbonyl (C=O) groups is 1. The van der Waals surface area contributed by atoms with Crippen molar-refractivity contribution >= 4 is 21.8 Å². The van der Waals surface area contributed by atoms with E-state index in [1.165, 1.54) is 0 Å². The van der Waals surface area contributed by atoms with Crippen molar-refractivity contribution in [2.24, 2.45) is 5.41 Å². The highest BCUT2D eigenvalue weighted by Gasteiger charge is 2.29. The summed E-state index contributed by atoms with van der Waals surface area (Å²) in [5.74, 6) is 0.963. The number of rotatable bonds is 3. The Hall–Kier alpha value is -1.10. The van der Waals surface area contributed by atoms with Crippen LogP contribution < -0.4 is 4.74 Å². The molecule has 1 amide bonds. The number of hydrogen-bond acceptors (Lipinski definition) is 3. The van der Waals surface area contributed by atoms with Crippen molar-refractivity contribution in [1.29, 1.82) is 0 Å². The molecule has 0 spiro atoms. The molecule has 1 aliphatic rings. The van der Waals surface area contributed by atoms with E-state index in [1.54, 1.807) is 12.4 Å². The molecule has 1 aromatic rings. The molecule has 0 N–H and O–H groups in total. The molecule has 1 saturated heterocycles. The van der Waals surface area contributed by atoms with Crippen LogP contribution in [0.5, 0.6) is 5.75 Å². The van der Waals surface area contributed by atoms with Crippen LogP contribution >= 0.6 is 15.9 Å². The predicted octanol–water partition coefficient (Wildman–Crippen LogP) is 3.26. The summed E-state index contributed by atoms with van der Waals surface area (Å²) < 4.78 is 6.78. The van der Waals surface area contributed by atoms with Gasteiger partial charge >= 0.3 is 0 Å². The Morgan fingerprint density at radius 2 is 2.25 bits per heavy atom. The summed E-state index contributed by atoms with van der Waals surface area (Å²) in [5, 5.41) is 0. The molecule has 4 nitrogen and oxygen atoms in total. The van der Waals surface area contributed by atoms with Gasteiger partial charge in [0.25, 0.3) is 0 Å². The molecule has 5 heteroatoms. The van der Waals surface area contributed by atoms with E-state index in [0.717, 1.165) is 23.2 Å². The molecule has 0 aliphatic carbocycles. The highest BCUT2D eigenvalue weighted by molar-refractivity contribution is 9.10. The average molecular weight is 341 g/mol. The molecular formula is C15H21BrN2O2. The third-order valence-corrected chi connectivity index (χ3v) is 3.60. The minimum atomic E-state index is 0.0320. The Kier molecular flexibility index (Phi) is 4.68. The first-order valence-corrected chi connectivity index (χ1v) is 7.68. The molecule has 110 valence electrons. The standard InChI is InChI=1S/C15H21BrN2O2/c1-15(2,3)7-14(19)18-5-4-12(10-18)20-13-6-11(16)8-17-9-13/h6,8-9,12H,4-5,7,10H2,1-3H3. The first-order chi connectivity index (χ1) is 9.33. The van der Waals surface area contributed by atoms with Crippen LogP contribution in [0.25, 0.3) is 0 Å². The number of nitrogens with zero attached hydrogens (tertiary/aromatic N) is 2. The van der Waals surface area contributed by atoms with Crippen LogP contribution in [-0.4, -0.2) is 35.0 Å². The second-order valence-corrected chi connectivity index (χ2v) is 7.36. The van der Waals surface area contributed by atoms with Gasteiger partial charge in [-0.15, -0.1) is 0 Å². The normalized spacial score (nSPS) is 19.2. The molecular weight excluding hydrogens is 320 g/mol. The van der Waals surface area contributed by atoms with Crippen molar-refractivity contribution in [3.05, 3.63) is 22.9 Å². The fraction of sp³-hybridized carbons (Fsp3) is 0.600. The van der Waals surface area contributed by atoms with Crippen molar-refractivity contribution in [3.8, 4) is 5.75 Å². The summed E-state index contributed by atoms with van der Waals surface area (Å²) >= 11 is 3.37. The molecule has 2 heterocycles. The minimum Gasteiger partial charge on any atom is -0.487 e. The van der Waals surface area contributed by atoms with Gasteiger partial charge in [0, 0.05) is 30.1 Å². The van der Waals surface area contributed by atoms with E-state index in [9.17, 15) is 4.79 Å². The van der Waals surface area contributed by atoms with Crippen LogP contribution in [0, 0.1) is 5.41 Å². The lowest BCUT2D eigenvalue weighted by atomic mass is 9.92. The Balaban J connectivity index is 1.88. The van der Waals surface area contributed by atoms with E-state index in [1.807, 2.05) is 11.0 Å². The van der Waals surface area contributed by atoms with Gasteiger partial charge in [0.05, 0.1) is 12.7 Å². The third kappa shape index (κ3) is 4.47. The van der Waals surface area contributed by atoms with E-state index < -0.39 is 0 Å². The van der Waals surface area contributed by atoms with Crippen LogP contribution in [0.3, 0.4) is 0 Å². The molecule has 0 radical (unpaired) electrons. The predicted molar refractivity (Wildman–Crippen MR) is 81.6 cm³/mol. The maximum Gasteiger partial charge on any atom is 0.223 e. The quantitative estimate of drug-likeness (QED) is 0.848. The first-order valence-electron chi connectivity index (χ1n) is 6.88. The van der Waals surface area contributed by atoms with Gasteiger partial charge in [-0.3, -0.25) is 9.78 Å². The van der Waals surface area contributed by atoms with Gasteiger partial charge in [0.2, 0.25) is 5.91 Å². The van der Waals surface area contributed by atoms with Crippen molar-refractivity contribution in [1.82, 2.24) is 9.88 Å². The molecule has 2 rings (SSSR count). The summed E-state index contributed by atoms with van der Waals surface area (Å²) in [6.07, 6.45) is 4.95. The molecule has 20 heavy (non-hydrogen) atoms. The zero-order chi connectivity index (χ0) is 14.8. The summed E-state index contributed by atoms with van der Waals surface area (Å²) in [6, 6.07) is 1.90. The van der Waals surface area contributed by atoms with Gasteiger partial charge in [-0.05, 0) is 27.4 Å². The maximum atomic E-state index is 12.2. The summed E-state index contributed by atoms with van der Waals surface area (Å²) in [5.41, 5.74) is 0.0320. The van der Waals surface area contributed by atoms with Gasteiger partial charge in [0.15, 0.2) is 0 Å². The van der Waals surface area contributed by atoms with E-state index in [0.29, 0.717) is 13.0 Å². The summed E-state index contributed by atoms with van der Waals surface area (Å²) in [7, 11) is 0. The second kappa shape index (κ2) is 6.12. The smallest absolute Gasteiger partial charge is 0.223 e. The maximum absolute atomic E-state index is 12.2. The van der Waals surface area contributed by atoms with Crippen molar-refractivity contribution in [2.75, 3.05) is 13.1 Å². The minimum absolute atomic E-state index is 0.0320. The van der Waals surface area contributed by atoms with Crippen molar-refractivity contribution in [3.63, 3.8) is 0 Å². The number of pyridine rings is 1. The molecule has 1 unspecified atom stereocenters. The zero-order valence-corrected chi connectivity index (χ0v) is 13.8. The third-order valence-electron chi connectivity index (χ3n) is 3.16. The lowest BCUT2D eigenvalue weighted by Gasteiger charge is -2.23. The number of amides is 1. The highest BCUT2D eigenvalue weighted by Crippen LogP contribution is 2.24. The topological polar surface area (TPSA) is 42.4 Å². The fourth-order valence-electron chi connectivity index (χ4n) is 2.27. The monoisotopic (exact) mass is 340 g/mol. The van der Waals surface area contributed by atoms with E-state index >= 15 is 0 Å². The second-order valence-electron chi connectivity index (χ2n) is 6.44. The lowest BCUT2D eigenvalue weighted by molar-refractivity contribution is -0.132. The first kappa shape index (κ1) is 15.3.